The summed E-state index contributed by atoms with van der Waals surface area (Å²) < 4.78 is 0. The maximum atomic E-state index is 9.17. The van der Waals surface area contributed by atoms with E-state index in [2.05, 4.69) is 29.6 Å². The van der Waals surface area contributed by atoms with Crippen molar-refractivity contribution in [3.63, 3.8) is 0 Å². The van der Waals surface area contributed by atoms with Gasteiger partial charge in [0.2, 0.25) is 0 Å². The topological polar surface area (TPSA) is 32.3 Å². The molecule has 1 saturated carbocycles. The summed E-state index contributed by atoms with van der Waals surface area (Å²) in [5.41, 5.74) is 1.34. The minimum Gasteiger partial charge on any atom is -0.396 e. The van der Waals surface area contributed by atoms with Crippen molar-refractivity contribution in [2.75, 3.05) is 6.61 Å². The van der Waals surface area contributed by atoms with Gasteiger partial charge in [-0.1, -0.05) is 36.8 Å². The van der Waals surface area contributed by atoms with Crippen LogP contribution in [-0.2, 0) is 6.54 Å². The van der Waals surface area contributed by atoms with Crippen molar-refractivity contribution in [2.24, 2.45) is 5.92 Å². The van der Waals surface area contributed by atoms with E-state index in [0.717, 1.165) is 13.0 Å². The van der Waals surface area contributed by atoms with Gasteiger partial charge in [-0.3, -0.25) is 0 Å². The Balaban J connectivity index is 1.77. The smallest absolute Gasteiger partial charge is 0.0459 e. The number of aliphatic hydroxyl groups excluding tert-OH is 1. The summed E-state index contributed by atoms with van der Waals surface area (Å²) in [7, 11) is 0. The Morgan fingerprint density at radius 1 is 1.19 bits per heavy atom. The molecule has 0 radical (unpaired) electrons. The summed E-state index contributed by atoms with van der Waals surface area (Å²) in [5.74, 6) is 0.516. The van der Waals surface area contributed by atoms with E-state index in [-0.39, 0.29) is 0 Å². The minimum atomic E-state index is 0.351. The molecule has 16 heavy (non-hydrogen) atoms. The number of benzene rings is 1. The second kappa shape index (κ2) is 6.02. The molecule has 1 aromatic rings. The highest BCUT2D eigenvalue weighted by atomic mass is 16.3. The van der Waals surface area contributed by atoms with Crippen molar-refractivity contribution in [2.45, 2.75) is 38.3 Å². The Labute approximate surface area is 97.7 Å². The molecule has 0 saturated heterocycles. The number of aliphatic hydroxyl groups is 1. The molecule has 0 aromatic heterocycles. The Hall–Kier alpha value is -0.860. The van der Waals surface area contributed by atoms with Crippen LogP contribution in [0.1, 0.15) is 31.2 Å². The SMILES string of the molecule is OCC1CCCC(NCc2ccccc2)C1. The van der Waals surface area contributed by atoms with Crippen LogP contribution in [0, 0.1) is 5.92 Å². The van der Waals surface area contributed by atoms with Gasteiger partial charge in [0.25, 0.3) is 0 Å². The highest BCUT2D eigenvalue weighted by molar-refractivity contribution is 5.14. The van der Waals surface area contributed by atoms with E-state index in [0.29, 0.717) is 18.6 Å². The van der Waals surface area contributed by atoms with Gasteiger partial charge in [0.15, 0.2) is 0 Å². The quantitative estimate of drug-likeness (QED) is 0.814. The largest absolute Gasteiger partial charge is 0.396 e. The molecule has 2 atom stereocenters. The van der Waals surface area contributed by atoms with Gasteiger partial charge in [0.05, 0.1) is 0 Å². The Bertz CT molecular complexity index is 299. The molecule has 0 spiro atoms. The lowest BCUT2D eigenvalue weighted by atomic mass is 9.86. The predicted molar refractivity (Wildman–Crippen MR) is 66.1 cm³/mol. The molecule has 2 nitrogen and oxygen atoms in total. The van der Waals surface area contributed by atoms with Crippen LogP contribution in [0.3, 0.4) is 0 Å². The second-order valence-electron chi connectivity index (χ2n) is 4.78. The van der Waals surface area contributed by atoms with E-state index in [4.69, 9.17) is 5.11 Å². The van der Waals surface area contributed by atoms with Gasteiger partial charge in [0, 0.05) is 19.2 Å². The van der Waals surface area contributed by atoms with Crippen LogP contribution in [0.2, 0.25) is 0 Å². The van der Waals surface area contributed by atoms with Crippen molar-refractivity contribution in [1.82, 2.24) is 5.32 Å². The summed E-state index contributed by atoms with van der Waals surface area (Å²) >= 11 is 0. The third kappa shape index (κ3) is 3.32. The standard InChI is InChI=1S/C14H21NO/c16-11-13-7-4-8-14(9-13)15-10-12-5-2-1-3-6-12/h1-3,5-6,13-16H,4,7-11H2. The zero-order valence-corrected chi connectivity index (χ0v) is 9.73. The van der Waals surface area contributed by atoms with Crippen LogP contribution in [0.4, 0.5) is 0 Å². The molecule has 0 amide bonds. The summed E-state index contributed by atoms with van der Waals surface area (Å²) in [5, 5.41) is 12.8. The van der Waals surface area contributed by atoms with Crippen LogP contribution in [0.5, 0.6) is 0 Å². The molecule has 0 heterocycles. The molecule has 0 aliphatic heterocycles. The molecule has 2 unspecified atom stereocenters. The minimum absolute atomic E-state index is 0.351. The molecule has 0 bridgehead atoms. The van der Waals surface area contributed by atoms with Gasteiger partial charge in [-0.2, -0.15) is 0 Å². The average molecular weight is 219 g/mol. The van der Waals surface area contributed by atoms with Gasteiger partial charge in [-0.25, -0.2) is 0 Å². The number of hydrogen-bond donors (Lipinski definition) is 2. The number of hydrogen-bond acceptors (Lipinski definition) is 2. The molecule has 2 rings (SSSR count). The molecule has 1 aromatic carbocycles. The lowest BCUT2D eigenvalue weighted by molar-refractivity contribution is 0.170. The van der Waals surface area contributed by atoms with E-state index in [1.54, 1.807) is 0 Å². The fraction of sp³-hybridized carbons (Fsp3) is 0.571. The molecular formula is C14H21NO. The van der Waals surface area contributed by atoms with Crippen molar-refractivity contribution >= 4 is 0 Å². The molecular weight excluding hydrogens is 198 g/mol. The van der Waals surface area contributed by atoms with Crippen molar-refractivity contribution in [1.29, 1.82) is 0 Å². The summed E-state index contributed by atoms with van der Waals surface area (Å²) in [4.78, 5) is 0. The van der Waals surface area contributed by atoms with Gasteiger partial charge in [0.1, 0.15) is 0 Å². The second-order valence-corrected chi connectivity index (χ2v) is 4.78. The van der Waals surface area contributed by atoms with Crippen LogP contribution < -0.4 is 5.32 Å². The average Bonchev–Trinajstić information content (AvgIpc) is 2.38. The molecule has 1 aliphatic rings. The number of nitrogens with one attached hydrogen (secondary N) is 1. The fourth-order valence-corrected chi connectivity index (χ4v) is 2.50. The van der Waals surface area contributed by atoms with Gasteiger partial charge in [-0.05, 0) is 30.7 Å². The van der Waals surface area contributed by atoms with E-state index < -0.39 is 0 Å². The maximum Gasteiger partial charge on any atom is 0.0459 e. The summed E-state index contributed by atoms with van der Waals surface area (Å²) in [6, 6.07) is 11.1. The third-order valence-electron chi connectivity index (χ3n) is 3.48. The molecule has 88 valence electrons. The van der Waals surface area contributed by atoms with E-state index in [9.17, 15) is 0 Å². The van der Waals surface area contributed by atoms with Crippen molar-refractivity contribution in [3.05, 3.63) is 35.9 Å². The molecule has 2 heteroatoms. The Morgan fingerprint density at radius 3 is 2.75 bits per heavy atom. The Morgan fingerprint density at radius 2 is 2.00 bits per heavy atom. The lowest BCUT2D eigenvalue weighted by Gasteiger charge is -2.28. The first kappa shape index (κ1) is 11.6. The van der Waals surface area contributed by atoms with E-state index in [1.807, 2.05) is 6.07 Å². The monoisotopic (exact) mass is 219 g/mol. The predicted octanol–water partition coefficient (Wildman–Crippen LogP) is 2.33. The Kier molecular flexibility index (Phi) is 4.37. The van der Waals surface area contributed by atoms with Gasteiger partial charge < -0.3 is 10.4 Å². The van der Waals surface area contributed by atoms with Crippen LogP contribution in [0.25, 0.3) is 0 Å². The molecule has 1 fully saturated rings. The summed E-state index contributed by atoms with van der Waals surface area (Å²) in [6.07, 6.45) is 4.82. The highest BCUT2D eigenvalue weighted by Gasteiger charge is 2.20. The maximum absolute atomic E-state index is 9.17. The molecule has 2 N–H and O–H groups in total. The van der Waals surface area contributed by atoms with Crippen LogP contribution >= 0.6 is 0 Å². The first-order valence-corrected chi connectivity index (χ1v) is 6.26. The first-order valence-electron chi connectivity index (χ1n) is 6.26. The zero-order valence-electron chi connectivity index (χ0n) is 9.73. The number of rotatable bonds is 4. The first-order chi connectivity index (χ1) is 7.88. The fourth-order valence-electron chi connectivity index (χ4n) is 2.50. The zero-order chi connectivity index (χ0) is 11.2. The van der Waals surface area contributed by atoms with Crippen molar-refractivity contribution in [3.8, 4) is 0 Å². The van der Waals surface area contributed by atoms with E-state index >= 15 is 0 Å². The van der Waals surface area contributed by atoms with E-state index in [1.165, 1.54) is 24.8 Å². The lowest BCUT2D eigenvalue weighted by Crippen LogP contribution is -2.34. The third-order valence-corrected chi connectivity index (χ3v) is 3.48. The van der Waals surface area contributed by atoms with Crippen molar-refractivity contribution < 1.29 is 5.11 Å². The van der Waals surface area contributed by atoms with Crippen LogP contribution in [-0.4, -0.2) is 17.8 Å². The van der Waals surface area contributed by atoms with Gasteiger partial charge >= 0.3 is 0 Å². The van der Waals surface area contributed by atoms with Crippen LogP contribution in [0.15, 0.2) is 30.3 Å². The normalized spacial score (nSPS) is 25.6. The summed E-state index contributed by atoms with van der Waals surface area (Å²) in [6.45, 7) is 1.30. The van der Waals surface area contributed by atoms with Gasteiger partial charge in [-0.15, -0.1) is 0 Å². The highest BCUT2D eigenvalue weighted by Crippen LogP contribution is 2.23. The molecule has 1 aliphatic carbocycles.